The summed E-state index contributed by atoms with van der Waals surface area (Å²) < 4.78 is 0. The van der Waals surface area contributed by atoms with Gasteiger partial charge in [0.25, 0.3) is 5.91 Å². The highest BCUT2D eigenvalue weighted by atomic mass is 16.2. The Morgan fingerprint density at radius 2 is 1.88 bits per heavy atom. The summed E-state index contributed by atoms with van der Waals surface area (Å²) in [5, 5.41) is 11.2. The quantitative estimate of drug-likeness (QED) is 0.562. The van der Waals surface area contributed by atoms with Crippen molar-refractivity contribution in [1.29, 1.82) is 0 Å². The van der Waals surface area contributed by atoms with Crippen molar-refractivity contribution in [3.05, 3.63) is 83.1 Å². The van der Waals surface area contributed by atoms with E-state index in [1.807, 2.05) is 54.6 Å². The molecule has 1 heterocycles. The summed E-state index contributed by atoms with van der Waals surface area (Å²) in [4.78, 5) is 12.4. The average Bonchev–Trinajstić information content (AvgIpc) is 3.13. The van der Waals surface area contributed by atoms with Crippen LogP contribution in [0.15, 0.2) is 65.8 Å². The number of rotatable bonds is 4. The first-order valence-corrected chi connectivity index (χ1v) is 8.53. The lowest BCUT2D eigenvalue weighted by Gasteiger charge is -2.15. The molecule has 2 N–H and O–H groups in total. The maximum atomic E-state index is 12.4. The van der Waals surface area contributed by atoms with E-state index in [1.165, 1.54) is 5.56 Å². The highest BCUT2D eigenvalue weighted by Gasteiger charge is 2.24. The summed E-state index contributed by atoms with van der Waals surface area (Å²) in [5.41, 5.74) is 8.30. The maximum absolute atomic E-state index is 12.4. The van der Waals surface area contributed by atoms with Crippen molar-refractivity contribution in [3.63, 3.8) is 0 Å². The summed E-state index contributed by atoms with van der Waals surface area (Å²) in [6.45, 7) is 0. The van der Waals surface area contributed by atoms with E-state index in [0.29, 0.717) is 5.69 Å². The minimum Gasteiger partial charge on any atom is -0.272 e. The lowest BCUT2D eigenvalue weighted by atomic mass is 9.89. The molecule has 1 aliphatic rings. The first-order chi connectivity index (χ1) is 12.8. The number of hydrogen-bond acceptors (Lipinski definition) is 3. The van der Waals surface area contributed by atoms with Gasteiger partial charge in [-0.25, -0.2) is 5.43 Å². The van der Waals surface area contributed by atoms with Crippen LogP contribution in [0.25, 0.3) is 17.3 Å². The van der Waals surface area contributed by atoms with Crippen LogP contribution in [0, 0.1) is 0 Å². The Kier molecular flexibility index (Phi) is 4.43. The predicted molar refractivity (Wildman–Crippen MR) is 103 cm³/mol. The van der Waals surface area contributed by atoms with Crippen molar-refractivity contribution in [2.24, 2.45) is 5.10 Å². The van der Waals surface area contributed by atoms with Gasteiger partial charge in [0.05, 0.1) is 5.69 Å². The fourth-order valence-corrected chi connectivity index (χ4v) is 3.16. The molecule has 0 saturated carbocycles. The molecule has 1 aliphatic carbocycles. The number of H-pyrrole nitrogens is 1. The van der Waals surface area contributed by atoms with Gasteiger partial charge in [0.15, 0.2) is 0 Å². The van der Waals surface area contributed by atoms with Gasteiger partial charge < -0.3 is 0 Å². The fraction of sp³-hybridized carbons (Fsp3) is 0.0952. The lowest BCUT2D eigenvalue weighted by molar-refractivity contribution is 0.0949. The van der Waals surface area contributed by atoms with E-state index < -0.39 is 0 Å². The van der Waals surface area contributed by atoms with Crippen LogP contribution in [-0.2, 0) is 12.8 Å². The molecule has 0 unspecified atom stereocenters. The van der Waals surface area contributed by atoms with Gasteiger partial charge in [-0.3, -0.25) is 9.89 Å². The number of benzene rings is 2. The molecule has 3 aromatic rings. The second-order valence-electron chi connectivity index (χ2n) is 6.07. The van der Waals surface area contributed by atoms with Crippen molar-refractivity contribution in [2.75, 3.05) is 0 Å². The molecule has 0 bridgehead atoms. The summed E-state index contributed by atoms with van der Waals surface area (Å²) in [7, 11) is 0. The number of aryl methyl sites for hydroxylation is 1. The van der Waals surface area contributed by atoms with Gasteiger partial charge in [0, 0.05) is 17.3 Å². The Hall–Kier alpha value is -3.47. The van der Waals surface area contributed by atoms with Crippen LogP contribution in [0.2, 0.25) is 0 Å². The summed E-state index contributed by atoms with van der Waals surface area (Å²) >= 11 is 0. The van der Waals surface area contributed by atoms with Crippen LogP contribution in [0.5, 0.6) is 0 Å². The fourth-order valence-electron chi connectivity index (χ4n) is 3.16. The molecular formula is C21H18N4O. The van der Waals surface area contributed by atoms with Gasteiger partial charge in [0.1, 0.15) is 5.69 Å². The first kappa shape index (κ1) is 16.0. The molecule has 0 fully saturated rings. The molecule has 2 aromatic carbocycles. The normalized spacial score (nSPS) is 12.9. The molecule has 26 heavy (non-hydrogen) atoms. The highest BCUT2D eigenvalue weighted by Crippen LogP contribution is 2.33. The van der Waals surface area contributed by atoms with Gasteiger partial charge >= 0.3 is 0 Å². The number of allylic oxidation sites excluding steroid dienone is 1. The Bertz CT molecular complexity index is 986. The zero-order chi connectivity index (χ0) is 17.8. The van der Waals surface area contributed by atoms with Crippen LogP contribution >= 0.6 is 0 Å². The highest BCUT2D eigenvalue weighted by molar-refractivity contribution is 5.96. The summed E-state index contributed by atoms with van der Waals surface area (Å²) in [6, 6.07) is 18.1. The van der Waals surface area contributed by atoms with Crippen molar-refractivity contribution < 1.29 is 4.79 Å². The van der Waals surface area contributed by atoms with Crippen LogP contribution in [-0.4, -0.2) is 22.3 Å². The number of fused-ring (bicyclic) bond motifs is 3. The van der Waals surface area contributed by atoms with Crippen LogP contribution in [0.4, 0.5) is 0 Å². The molecule has 0 spiro atoms. The van der Waals surface area contributed by atoms with Crippen molar-refractivity contribution >= 4 is 18.2 Å². The number of carbonyl (C=O) groups excluding carboxylic acids is 1. The lowest BCUT2D eigenvalue weighted by Crippen LogP contribution is -2.20. The molecule has 5 heteroatoms. The molecule has 0 radical (unpaired) electrons. The Balaban J connectivity index is 1.45. The number of carbonyl (C=O) groups is 1. The predicted octanol–water partition coefficient (Wildman–Crippen LogP) is 3.60. The molecule has 0 atom stereocenters. The number of nitrogens with zero attached hydrogens (tertiary/aromatic N) is 2. The van der Waals surface area contributed by atoms with E-state index in [1.54, 1.807) is 12.3 Å². The standard InChI is InChI=1S/C21H18N4O/c26-21(25-22-14-6-9-15-7-2-1-3-8-15)20-18-13-12-16-10-4-5-11-17(16)19(18)23-24-20/h1-11,14H,12-13H2,(H,23,24)(H,25,26)/b9-6+,22-14-. The molecule has 4 rings (SSSR count). The van der Waals surface area contributed by atoms with E-state index in [2.05, 4.69) is 26.8 Å². The number of aromatic nitrogens is 2. The molecule has 1 amide bonds. The van der Waals surface area contributed by atoms with Crippen molar-refractivity contribution in [3.8, 4) is 11.3 Å². The Morgan fingerprint density at radius 3 is 2.77 bits per heavy atom. The third kappa shape index (κ3) is 3.19. The molecule has 0 aliphatic heterocycles. The van der Waals surface area contributed by atoms with E-state index >= 15 is 0 Å². The topological polar surface area (TPSA) is 70.1 Å². The number of hydrogen-bond donors (Lipinski definition) is 2. The maximum Gasteiger partial charge on any atom is 0.289 e. The third-order valence-electron chi connectivity index (χ3n) is 4.43. The van der Waals surface area contributed by atoms with Crippen molar-refractivity contribution in [2.45, 2.75) is 12.8 Å². The van der Waals surface area contributed by atoms with E-state index in [4.69, 9.17) is 0 Å². The SMILES string of the molecule is O=C(N/N=C\C=C\c1ccccc1)c1[nH]nc2c1CCc1ccccc1-2. The van der Waals surface area contributed by atoms with E-state index in [0.717, 1.165) is 35.2 Å². The van der Waals surface area contributed by atoms with Gasteiger partial charge in [-0.2, -0.15) is 10.2 Å². The van der Waals surface area contributed by atoms with Gasteiger partial charge in [0.2, 0.25) is 0 Å². The minimum absolute atomic E-state index is 0.275. The molecular weight excluding hydrogens is 324 g/mol. The number of amides is 1. The zero-order valence-electron chi connectivity index (χ0n) is 14.1. The van der Waals surface area contributed by atoms with Crippen LogP contribution in [0.3, 0.4) is 0 Å². The van der Waals surface area contributed by atoms with Crippen LogP contribution in [0.1, 0.15) is 27.2 Å². The second-order valence-corrected chi connectivity index (χ2v) is 6.07. The largest absolute Gasteiger partial charge is 0.289 e. The van der Waals surface area contributed by atoms with Crippen molar-refractivity contribution in [1.82, 2.24) is 15.6 Å². The average molecular weight is 342 g/mol. The third-order valence-corrected chi connectivity index (χ3v) is 4.43. The van der Waals surface area contributed by atoms with Gasteiger partial charge in [-0.15, -0.1) is 0 Å². The molecule has 1 aromatic heterocycles. The van der Waals surface area contributed by atoms with Crippen LogP contribution < -0.4 is 5.43 Å². The summed E-state index contributed by atoms with van der Waals surface area (Å²) in [6.07, 6.45) is 6.97. The number of nitrogens with one attached hydrogen (secondary N) is 2. The zero-order valence-corrected chi connectivity index (χ0v) is 14.1. The minimum atomic E-state index is -0.275. The molecule has 5 nitrogen and oxygen atoms in total. The first-order valence-electron chi connectivity index (χ1n) is 8.53. The monoisotopic (exact) mass is 342 g/mol. The number of aromatic amines is 1. The smallest absolute Gasteiger partial charge is 0.272 e. The van der Waals surface area contributed by atoms with E-state index in [9.17, 15) is 4.79 Å². The Labute approximate surface area is 151 Å². The molecule has 0 saturated heterocycles. The second kappa shape index (κ2) is 7.19. The van der Waals surface area contributed by atoms with Gasteiger partial charge in [-0.05, 0) is 30.0 Å². The molecule has 128 valence electrons. The summed E-state index contributed by atoms with van der Waals surface area (Å²) in [5.74, 6) is -0.275. The Morgan fingerprint density at radius 1 is 1.08 bits per heavy atom. The van der Waals surface area contributed by atoms with E-state index in [-0.39, 0.29) is 5.91 Å². The number of hydrazone groups is 1. The van der Waals surface area contributed by atoms with Gasteiger partial charge in [-0.1, -0.05) is 60.7 Å².